The number of hydrogen-bond acceptors (Lipinski definition) is 13. The molecule has 0 radical (unpaired) electrons. The van der Waals surface area contributed by atoms with Crippen molar-refractivity contribution in [2.45, 2.75) is 51.2 Å². The number of methoxy groups -OCH3 is 2. The Morgan fingerprint density at radius 3 is 2.59 bits per heavy atom. The lowest BCUT2D eigenvalue weighted by Crippen LogP contribution is -2.35. The maximum atomic E-state index is 15.3. The molecule has 0 saturated carbocycles. The zero-order chi connectivity index (χ0) is 38.4. The van der Waals surface area contributed by atoms with Gasteiger partial charge in [-0.3, -0.25) is 14.7 Å². The molecule has 1 unspecified atom stereocenters. The van der Waals surface area contributed by atoms with E-state index in [-0.39, 0.29) is 31.7 Å². The monoisotopic (exact) mass is 770 g/mol. The van der Waals surface area contributed by atoms with Crippen LogP contribution in [0.5, 0.6) is 17.2 Å². The van der Waals surface area contributed by atoms with E-state index in [1.165, 1.54) is 14.2 Å². The van der Waals surface area contributed by atoms with Crippen LogP contribution in [0, 0.1) is 0 Å². The summed E-state index contributed by atoms with van der Waals surface area (Å²) < 4.78 is 75.5. The van der Waals surface area contributed by atoms with Crippen LogP contribution in [0.3, 0.4) is 0 Å². The summed E-state index contributed by atoms with van der Waals surface area (Å²) in [6.45, 7) is 2.51. The van der Waals surface area contributed by atoms with E-state index in [4.69, 9.17) is 37.1 Å². The zero-order valence-electron chi connectivity index (χ0n) is 29.6. The molecule has 1 amide bonds. The average molecular weight is 771 g/mol. The second kappa shape index (κ2) is 16.8. The number of nitrogens with zero attached hydrogens (tertiary/aromatic N) is 2. The van der Waals surface area contributed by atoms with Crippen LogP contribution in [-0.4, -0.2) is 67.1 Å². The van der Waals surface area contributed by atoms with Gasteiger partial charge in [-0.25, -0.2) is 23.5 Å². The zero-order valence-corrected chi connectivity index (χ0v) is 30.5. The summed E-state index contributed by atoms with van der Waals surface area (Å²) in [5.41, 5.74) is -0.679. The lowest BCUT2D eigenvalue weighted by Gasteiger charge is -2.21. The van der Waals surface area contributed by atoms with E-state index in [0.29, 0.717) is 38.5 Å². The maximum absolute atomic E-state index is 15.3. The standard InChI is InChI=1S/C36H37F2N4O11P/c1-21(2)50-31(43)18-39-54(53-28-11-7-9-22-8-5-6-10-27(22)28)49-20-26-17-36(37,38)33(52-26)42-13-12-30(40-34(42)44)41-35(45)48-19-25-15-23-14-24(46-3)16-29(47-4)32(23)51-25/h5-16,21,26,33,39H,17-20H2,1-4H3,(H,40,41,44,45)/t26-,33+,54?/m0/s1. The molecular formula is C36H37F2N4O11P. The normalized spacial score (nSPS) is 17.0. The maximum Gasteiger partial charge on any atom is 0.413 e. The molecule has 0 spiro atoms. The Morgan fingerprint density at radius 1 is 1.04 bits per heavy atom. The minimum atomic E-state index is -3.50. The van der Waals surface area contributed by atoms with E-state index in [9.17, 15) is 14.4 Å². The largest absolute Gasteiger partial charge is 0.497 e. The van der Waals surface area contributed by atoms with Gasteiger partial charge < -0.3 is 37.1 Å². The molecule has 1 aliphatic rings. The highest BCUT2D eigenvalue weighted by Crippen LogP contribution is 2.44. The summed E-state index contributed by atoms with van der Waals surface area (Å²) in [6, 6.07) is 19.0. The average Bonchev–Trinajstić information content (AvgIpc) is 3.70. The number of rotatable bonds is 15. The van der Waals surface area contributed by atoms with Crippen molar-refractivity contribution >= 4 is 48.1 Å². The van der Waals surface area contributed by atoms with Crippen LogP contribution in [0.2, 0.25) is 0 Å². The minimum absolute atomic E-state index is 0.239. The van der Waals surface area contributed by atoms with Gasteiger partial charge in [-0.2, -0.15) is 4.98 Å². The summed E-state index contributed by atoms with van der Waals surface area (Å²) in [6.07, 6.45) is -4.27. The smallest absolute Gasteiger partial charge is 0.413 e. The quantitative estimate of drug-likeness (QED) is 0.0853. The van der Waals surface area contributed by atoms with Crippen molar-refractivity contribution in [1.29, 1.82) is 0 Å². The molecule has 3 atom stereocenters. The fraction of sp³-hybridized carbons (Fsp3) is 0.333. The molecule has 15 nitrogen and oxygen atoms in total. The van der Waals surface area contributed by atoms with Crippen molar-refractivity contribution in [3.05, 3.63) is 89.2 Å². The van der Waals surface area contributed by atoms with E-state index < -0.39 is 51.0 Å². The molecular weight excluding hydrogens is 733 g/mol. The minimum Gasteiger partial charge on any atom is -0.497 e. The molecule has 0 aliphatic carbocycles. The van der Waals surface area contributed by atoms with Crippen molar-refractivity contribution in [3.63, 3.8) is 0 Å². The Bertz CT molecular complexity index is 2170. The van der Waals surface area contributed by atoms with Crippen LogP contribution in [0.4, 0.5) is 19.4 Å². The highest BCUT2D eigenvalue weighted by molar-refractivity contribution is 7.45. The number of carbonyl (C=O) groups is 2. The molecule has 1 aliphatic heterocycles. The molecule has 54 heavy (non-hydrogen) atoms. The van der Waals surface area contributed by atoms with Gasteiger partial charge in [-0.05, 0) is 43.5 Å². The number of fused-ring (bicyclic) bond motifs is 2. The number of carbonyl (C=O) groups excluding carboxylic acids is 2. The van der Waals surface area contributed by atoms with Crippen LogP contribution < -0.4 is 30.1 Å². The molecule has 6 rings (SSSR count). The number of anilines is 1. The first-order valence-corrected chi connectivity index (χ1v) is 17.8. The van der Waals surface area contributed by atoms with Crippen molar-refractivity contribution in [2.24, 2.45) is 0 Å². The number of amides is 1. The highest BCUT2D eigenvalue weighted by Gasteiger charge is 2.52. The fourth-order valence-corrected chi connectivity index (χ4v) is 6.69. The predicted molar refractivity (Wildman–Crippen MR) is 192 cm³/mol. The molecule has 2 N–H and O–H groups in total. The Hall–Kier alpha value is -5.35. The van der Waals surface area contributed by atoms with Gasteiger partial charge in [-0.1, -0.05) is 36.4 Å². The topological polar surface area (TPSA) is 171 Å². The first-order valence-electron chi connectivity index (χ1n) is 16.6. The third kappa shape index (κ3) is 9.23. The highest BCUT2D eigenvalue weighted by atomic mass is 31.2. The van der Waals surface area contributed by atoms with E-state index in [1.807, 2.05) is 30.3 Å². The lowest BCUT2D eigenvalue weighted by atomic mass is 10.1. The molecule has 18 heteroatoms. The summed E-state index contributed by atoms with van der Waals surface area (Å²) in [4.78, 5) is 41.4. The van der Waals surface area contributed by atoms with Crippen LogP contribution in [-0.2, 0) is 30.1 Å². The van der Waals surface area contributed by atoms with Crippen LogP contribution >= 0.6 is 8.53 Å². The number of furan rings is 1. The number of alkyl halides is 2. The van der Waals surface area contributed by atoms with Gasteiger partial charge in [0.25, 0.3) is 5.92 Å². The molecule has 3 heterocycles. The van der Waals surface area contributed by atoms with Crippen LogP contribution in [0.25, 0.3) is 21.7 Å². The van der Waals surface area contributed by atoms with Gasteiger partial charge in [-0.15, -0.1) is 0 Å². The number of ether oxygens (including phenoxy) is 5. The van der Waals surface area contributed by atoms with Crippen molar-refractivity contribution in [2.75, 3.05) is 32.7 Å². The fourth-order valence-electron chi connectivity index (χ4n) is 5.58. The lowest BCUT2D eigenvalue weighted by molar-refractivity contribution is -0.145. The summed E-state index contributed by atoms with van der Waals surface area (Å²) in [5.74, 6) is -2.58. The number of halogens is 2. The molecule has 5 aromatic rings. The summed E-state index contributed by atoms with van der Waals surface area (Å²) in [5, 5.41) is 7.50. The number of nitrogens with one attached hydrogen (secondary N) is 2. The van der Waals surface area contributed by atoms with Crippen LogP contribution in [0.1, 0.15) is 32.3 Å². The van der Waals surface area contributed by atoms with Gasteiger partial charge in [0.05, 0.1) is 33.0 Å². The van der Waals surface area contributed by atoms with Gasteiger partial charge in [0.2, 0.25) is 6.23 Å². The predicted octanol–water partition coefficient (Wildman–Crippen LogP) is 6.70. The van der Waals surface area contributed by atoms with Crippen molar-refractivity contribution in [1.82, 2.24) is 14.6 Å². The van der Waals surface area contributed by atoms with Gasteiger partial charge >= 0.3 is 26.3 Å². The molecule has 2 aromatic heterocycles. The van der Waals surface area contributed by atoms with Crippen LogP contribution in [0.15, 0.2) is 82.1 Å². The summed E-state index contributed by atoms with van der Waals surface area (Å²) in [7, 11) is 0.932. The molecule has 0 bridgehead atoms. The molecule has 1 fully saturated rings. The van der Waals surface area contributed by atoms with Crippen molar-refractivity contribution in [3.8, 4) is 17.2 Å². The Kier molecular flexibility index (Phi) is 11.9. The Labute approximate surface area is 308 Å². The van der Waals surface area contributed by atoms with E-state index in [1.54, 1.807) is 44.2 Å². The molecule has 3 aromatic carbocycles. The number of hydrogen-bond donors (Lipinski definition) is 2. The van der Waals surface area contributed by atoms with Gasteiger partial charge in [0, 0.05) is 29.5 Å². The SMILES string of the molecule is COc1cc(OC)c2oc(COC(=O)Nc3ccn([C@@H]4O[C@H](COP(NCC(=O)OC(C)C)Oc5cccc6ccccc56)CC4(F)F)c(=O)n3)cc2c1. The van der Waals surface area contributed by atoms with Gasteiger partial charge in [0.1, 0.15) is 29.6 Å². The van der Waals surface area contributed by atoms with E-state index >= 15 is 8.78 Å². The third-order valence-electron chi connectivity index (χ3n) is 7.93. The van der Waals surface area contributed by atoms with E-state index in [0.717, 1.165) is 23.0 Å². The third-order valence-corrected chi connectivity index (χ3v) is 9.09. The first kappa shape index (κ1) is 38.4. The van der Waals surface area contributed by atoms with Crippen molar-refractivity contribution < 1.29 is 55.5 Å². The number of aromatic nitrogens is 2. The first-order chi connectivity index (χ1) is 25.9. The molecule has 286 valence electrons. The van der Waals surface area contributed by atoms with Gasteiger partial charge in [0.15, 0.2) is 17.9 Å². The molecule has 1 saturated heterocycles. The van der Waals surface area contributed by atoms with E-state index in [2.05, 4.69) is 15.4 Å². The summed E-state index contributed by atoms with van der Waals surface area (Å²) >= 11 is 0. The number of benzene rings is 3. The second-order valence-corrected chi connectivity index (χ2v) is 13.5. The number of esters is 1. The second-order valence-electron chi connectivity index (χ2n) is 12.2. The Balaban J connectivity index is 1.07. The Morgan fingerprint density at radius 2 is 1.83 bits per heavy atom.